The van der Waals surface area contributed by atoms with Gasteiger partial charge in [-0.2, -0.15) is 0 Å². The summed E-state index contributed by atoms with van der Waals surface area (Å²) < 4.78 is 4.96. The van der Waals surface area contributed by atoms with Crippen LogP contribution in [0.2, 0.25) is 0 Å². The fraction of sp³-hybridized carbons (Fsp3) is 0.375. The topological polar surface area (TPSA) is 104 Å². The zero-order valence-electron chi connectivity index (χ0n) is 13.1. The van der Waals surface area contributed by atoms with Crippen LogP contribution in [0, 0.1) is 6.92 Å². The van der Waals surface area contributed by atoms with Crippen LogP contribution >= 0.6 is 0 Å². The number of carbonyl (C=O) groups is 4. The normalized spacial score (nSPS) is 16.9. The largest absolute Gasteiger partial charge is 0.465 e. The molecule has 2 aliphatic rings. The summed E-state index contributed by atoms with van der Waals surface area (Å²) in [7, 11) is 0. The van der Waals surface area contributed by atoms with Gasteiger partial charge < -0.3 is 14.7 Å². The zero-order chi connectivity index (χ0) is 17.4. The smallest absolute Gasteiger partial charge is 0.407 e. The molecule has 2 heterocycles. The molecule has 0 bridgehead atoms. The average Bonchev–Trinajstić information content (AvgIpc) is 2.91. The summed E-state index contributed by atoms with van der Waals surface area (Å²) in [6.07, 6.45) is -1.14. The highest BCUT2D eigenvalue weighted by Crippen LogP contribution is 2.26. The fourth-order valence-electron chi connectivity index (χ4n) is 2.95. The first kappa shape index (κ1) is 16.0. The van der Waals surface area contributed by atoms with Gasteiger partial charge >= 0.3 is 12.1 Å². The van der Waals surface area contributed by atoms with Crippen molar-refractivity contribution in [2.45, 2.75) is 13.5 Å². The predicted octanol–water partition coefficient (Wildman–Crippen LogP) is 0.670. The molecular weight excluding hydrogens is 316 g/mol. The van der Waals surface area contributed by atoms with Crippen LogP contribution in [-0.2, 0) is 16.1 Å². The van der Waals surface area contributed by atoms with Crippen LogP contribution < -0.4 is 0 Å². The van der Waals surface area contributed by atoms with Crippen LogP contribution in [0.15, 0.2) is 12.1 Å². The molecule has 1 aromatic rings. The first-order valence-corrected chi connectivity index (χ1v) is 7.47. The summed E-state index contributed by atoms with van der Waals surface area (Å²) in [6.45, 7) is 1.91. The maximum absolute atomic E-state index is 12.5. The SMILES string of the molecule is Cc1c(C(=O)CN2CCN(C(=O)O)CC2=O)ccc2c1COC2=O. The second-order valence-corrected chi connectivity index (χ2v) is 5.78. The molecule has 8 heteroatoms. The molecule has 0 spiro atoms. The van der Waals surface area contributed by atoms with Crippen LogP contribution in [0.1, 0.15) is 31.8 Å². The number of hydrogen-bond donors (Lipinski definition) is 1. The van der Waals surface area contributed by atoms with E-state index in [1.165, 1.54) is 4.90 Å². The minimum Gasteiger partial charge on any atom is -0.465 e. The van der Waals surface area contributed by atoms with Gasteiger partial charge in [0.1, 0.15) is 13.2 Å². The van der Waals surface area contributed by atoms with Gasteiger partial charge in [-0.25, -0.2) is 9.59 Å². The van der Waals surface area contributed by atoms with Crippen LogP contribution in [0.4, 0.5) is 4.79 Å². The average molecular weight is 332 g/mol. The van der Waals surface area contributed by atoms with Crippen molar-refractivity contribution < 1.29 is 29.0 Å². The van der Waals surface area contributed by atoms with Gasteiger partial charge in [0, 0.05) is 24.2 Å². The number of esters is 1. The molecule has 0 aliphatic carbocycles. The van der Waals surface area contributed by atoms with Crippen molar-refractivity contribution in [3.05, 3.63) is 34.4 Å². The molecule has 2 amide bonds. The lowest BCUT2D eigenvalue weighted by atomic mass is 9.96. The Hall–Kier alpha value is -2.90. The van der Waals surface area contributed by atoms with Gasteiger partial charge in [0.2, 0.25) is 5.91 Å². The van der Waals surface area contributed by atoms with Crippen molar-refractivity contribution in [1.29, 1.82) is 0 Å². The van der Waals surface area contributed by atoms with Crippen molar-refractivity contribution >= 4 is 23.8 Å². The van der Waals surface area contributed by atoms with E-state index in [4.69, 9.17) is 9.84 Å². The molecule has 2 aliphatic heterocycles. The highest BCUT2D eigenvalue weighted by Gasteiger charge is 2.30. The molecule has 1 saturated heterocycles. The Balaban J connectivity index is 1.74. The van der Waals surface area contributed by atoms with Crippen molar-refractivity contribution in [1.82, 2.24) is 9.80 Å². The van der Waals surface area contributed by atoms with E-state index in [1.54, 1.807) is 19.1 Å². The quantitative estimate of drug-likeness (QED) is 0.644. The number of nitrogens with zero attached hydrogens (tertiary/aromatic N) is 2. The highest BCUT2D eigenvalue weighted by molar-refractivity contribution is 6.03. The van der Waals surface area contributed by atoms with Gasteiger partial charge in [0.05, 0.1) is 12.1 Å². The van der Waals surface area contributed by atoms with E-state index in [0.717, 1.165) is 4.90 Å². The van der Waals surface area contributed by atoms with E-state index < -0.39 is 18.0 Å². The highest BCUT2D eigenvalue weighted by atomic mass is 16.5. The van der Waals surface area contributed by atoms with Crippen LogP contribution in [0.3, 0.4) is 0 Å². The van der Waals surface area contributed by atoms with E-state index in [-0.39, 0.29) is 38.6 Å². The third-order valence-electron chi connectivity index (χ3n) is 4.39. The summed E-state index contributed by atoms with van der Waals surface area (Å²) in [5.41, 5.74) is 2.29. The number of benzene rings is 1. The minimum atomic E-state index is -1.14. The number of rotatable bonds is 3. The van der Waals surface area contributed by atoms with Crippen molar-refractivity contribution in [3.63, 3.8) is 0 Å². The molecule has 0 radical (unpaired) electrons. The van der Waals surface area contributed by atoms with E-state index in [0.29, 0.717) is 22.3 Å². The van der Waals surface area contributed by atoms with Crippen LogP contribution in [-0.4, -0.2) is 64.8 Å². The lowest BCUT2D eigenvalue weighted by molar-refractivity contribution is -0.134. The molecule has 0 atom stereocenters. The minimum absolute atomic E-state index is 0.110. The predicted molar refractivity (Wildman–Crippen MR) is 80.8 cm³/mol. The number of piperazine rings is 1. The number of carboxylic acid groups (broad SMARTS) is 1. The lowest BCUT2D eigenvalue weighted by Crippen LogP contribution is -2.53. The number of carbonyl (C=O) groups excluding carboxylic acids is 3. The van der Waals surface area contributed by atoms with Gasteiger partial charge in [-0.05, 0) is 18.6 Å². The summed E-state index contributed by atoms with van der Waals surface area (Å²) in [6, 6.07) is 3.14. The number of ether oxygens (including phenoxy) is 1. The number of Topliss-reactive ketones (excluding diaryl/α,β-unsaturated/α-hetero) is 1. The number of ketones is 1. The van der Waals surface area contributed by atoms with Gasteiger partial charge in [0.25, 0.3) is 0 Å². The Morgan fingerprint density at radius 2 is 2.00 bits per heavy atom. The molecular formula is C16H16N2O6. The van der Waals surface area contributed by atoms with E-state index in [9.17, 15) is 19.2 Å². The van der Waals surface area contributed by atoms with Crippen LogP contribution in [0.5, 0.6) is 0 Å². The molecule has 0 aromatic heterocycles. The van der Waals surface area contributed by atoms with E-state index >= 15 is 0 Å². The third-order valence-corrected chi connectivity index (χ3v) is 4.39. The van der Waals surface area contributed by atoms with Crippen molar-refractivity contribution in [3.8, 4) is 0 Å². The lowest BCUT2D eigenvalue weighted by Gasteiger charge is -2.32. The number of cyclic esters (lactones) is 1. The first-order valence-electron chi connectivity index (χ1n) is 7.47. The van der Waals surface area contributed by atoms with E-state index in [2.05, 4.69) is 0 Å². The fourth-order valence-corrected chi connectivity index (χ4v) is 2.95. The van der Waals surface area contributed by atoms with Gasteiger partial charge in [-0.1, -0.05) is 6.07 Å². The number of amides is 2. The summed E-state index contributed by atoms with van der Waals surface area (Å²) in [5, 5.41) is 8.90. The Morgan fingerprint density at radius 1 is 1.25 bits per heavy atom. The molecule has 3 rings (SSSR count). The van der Waals surface area contributed by atoms with Gasteiger partial charge in [-0.15, -0.1) is 0 Å². The van der Waals surface area contributed by atoms with Crippen LogP contribution in [0.25, 0.3) is 0 Å². The van der Waals surface area contributed by atoms with Gasteiger partial charge in [0.15, 0.2) is 5.78 Å². The molecule has 126 valence electrons. The molecule has 1 fully saturated rings. The second kappa shape index (κ2) is 5.95. The molecule has 1 N–H and O–H groups in total. The summed E-state index contributed by atoms with van der Waals surface area (Å²) in [4.78, 5) is 49.3. The first-order chi connectivity index (χ1) is 11.4. The molecule has 1 aromatic carbocycles. The standard InChI is InChI=1S/C16H16N2O6/c1-9-10(2-3-11-12(9)8-24-15(11)21)13(19)6-17-4-5-18(16(22)23)7-14(17)20/h2-3H,4-8H2,1H3,(H,22,23). The maximum atomic E-state index is 12.5. The summed E-state index contributed by atoms with van der Waals surface area (Å²) in [5.74, 6) is -1.03. The summed E-state index contributed by atoms with van der Waals surface area (Å²) >= 11 is 0. The zero-order valence-corrected chi connectivity index (χ0v) is 13.1. The van der Waals surface area contributed by atoms with E-state index in [1.807, 2.05) is 0 Å². The third kappa shape index (κ3) is 2.70. The molecule has 0 unspecified atom stereocenters. The Morgan fingerprint density at radius 3 is 2.67 bits per heavy atom. The molecule has 8 nitrogen and oxygen atoms in total. The van der Waals surface area contributed by atoms with Crippen molar-refractivity contribution in [2.75, 3.05) is 26.2 Å². The monoisotopic (exact) mass is 332 g/mol. The molecule has 0 saturated carbocycles. The number of hydrogen-bond acceptors (Lipinski definition) is 5. The Labute approximate surface area is 137 Å². The van der Waals surface area contributed by atoms with Crippen molar-refractivity contribution in [2.24, 2.45) is 0 Å². The maximum Gasteiger partial charge on any atom is 0.407 e. The molecule has 24 heavy (non-hydrogen) atoms. The Kier molecular flexibility index (Phi) is 3.96. The number of fused-ring (bicyclic) bond motifs is 1. The second-order valence-electron chi connectivity index (χ2n) is 5.78. The van der Waals surface area contributed by atoms with Gasteiger partial charge in [-0.3, -0.25) is 14.5 Å². The Bertz CT molecular complexity index is 757.